The smallest absolute Gasteiger partial charge is 0.337 e. The standard InChI is InChI=1S/C13H16ClNO3/c1-8-6-10(4-5-18-8)15-9-2-3-12(14)11(7-9)13(16)17/h2-3,7-8,10,15H,4-6H2,1H3,(H,16,17). The lowest BCUT2D eigenvalue weighted by molar-refractivity contribution is 0.0232. The Labute approximate surface area is 111 Å². The minimum atomic E-state index is -1.01. The largest absolute Gasteiger partial charge is 0.478 e. The van der Waals surface area contributed by atoms with Crippen LogP contribution in [-0.2, 0) is 4.74 Å². The topological polar surface area (TPSA) is 58.6 Å². The average molecular weight is 270 g/mol. The van der Waals surface area contributed by atoms with Crippen molar-refractivity contribution in [1.29, 1.82) is 0 Å². The van der Waals surface area contributed by atoms with Crippen LogP contribution in [0, 0.1) is 0 Å². The molecule has 0 spiro atoms. The Morgan fingerprint density at radius 3 is 3.00 bits per heavy atom. The predicted molar refractivity (Wildman–Crippen MR) is 70.5 cm³/mol. The predicted octanol–water partition coefficient (Wildman–Crippen LogP) is 3.02. The van der Waals surface area contributed by atoms with Gasteiger partial charge in [0.2, 0.25) is 0 Å². The quantitative estimate of drug-likeness (QED) is 0.886. The maximum Gasteiger partial charge on any atom is 0.337 e. The van der Waals surface area contributed by atoms with E-state index in [1.165, 1.54) is 0 Å². The lowest BCUT2D eigenvalue weighted by Gasteiger charge is -2.28. The molecule has 0 radical (unpaired) electrons. The van der Waals surface area contributed by atoms with Crippen LogP contribution < -0.4 is 5.32 Å². The fraction of sp³-hybridized carbons (Fsp3) is 0.462. The summed E-state index contributed by atoms with van der Waals surface area (Å²) in [6.07, 6.45) is 2.09. The van der Waals surface area contributed by atoms with E-state index in [9.17, 15) is 4.79 Å². The van der Waals surface area contributed by atoms with E-state index >= 15 is 0 Å². The second kappa shape index (κ2) is 5.59. The van der Waals surface area contributed by atoms with E-state index in [1.807, 2.05) is 6.92 Å². The molecule has 1 aliphatic heterocycles. The Balaban J connectivity index is 2.09. The van der Waals surface area contributed by atoms with Gasteiger partial charge in [-0.25, -0.2) is 4.79 Å². The number of anilines is 1. The Bertz CT molecular complexity index is 450. The lowest BCUT2D eigenvalue weighted by Crippen LogP contribution is -2.32. The van der Waals surface area contributed by atoms with Crippen LogP contribution in [0.2, 0.25) is 5.02 Å². The third-order valence-corrected chi connectivity index (χ3v) is 3.38. The van der Waals surface area contributed by atoms with E-state index in [1.54, 1.807) is 18.2 Å². The van der Waals surface area contributed by atoms with E-state index in [0.29, 0.717) is 6.04 Å². The molecule has 98 valence electrons. The number of carboxylic acids is 1. The molecule has 1 heterocycles. The molecule has 0 aliphatic carbocycles. The van der Waals surface area contributed by atoms with Gasteiger partial charge in [0.25, 0.3) is 0 Å². The Kier molecular flexibility index (Phi) is 4.09. The van der Waals surface area contributed by atoms with Gasteiger partial charge in [-0.1, -0.05) is 11.6 Å². The number of ether oxygens (including phenoxy) is 1. The zero-order valence-corrected chi connectivity index (χ0v) is 10.9. The summed E-state index contributed by atoms with van der Waals surface area (Å²) in [7, 11) is 0. The highest BCUT2D eigenvalue weighted by atomic mass is 35.5. The van der Waals surface area contributed by atoms with Crippen molar-refractivity contribution in [2.75, 3.05) is 11.9 Å². The van der Waals surface area contributed by atoms with Gasteiger partial charge in [0.05, 0.1) is 16.7 Å². The minimum Gasteiger partial charge on any atom is -0.478 e. The Morgan fingerprint density at radius 1 is 1.56 bits per heavy atom. The molecule has 0 saturated carbocycles. The summed E-state index contributed by atoms with van der Waals surface area (Å²) in [6.45, 7) is 2.77. The second-order valence-corrected chi connectivity index (χ2v) is 4.95. The molecule has 2 rings (SSSR count). The van der Waals surface area contributed by atoms with Gasteiger partial charge in [0, 0.05) is 18.3 Å². The first-order chi connectivity index (χ1) is 8.56. The van der Waals surface area contributed by atoms with Crippen molar-refractivity contribution in [3.05, 3.63) is 28.8 Å². The summed E-state index contributed by atoms with van der Waals surface area (Å²) in [5, 5.41) is 12.6. The van der Waals surface area contributed by atoms with E-state index in [2.05, 4.69) is 5.32 Å². The Hall–Kier alpha value is -1.26. The molecule has 4 nitrogen and oxygen atoms in total. The lowest BCUT2D eigenvalue weighted by atomic mass is 10.0. The van der Waals surface area contributed by atoms with Gasteiger partial charge < -0.3 is 15.2 Å². The van der Waals surface area contributed by atoms with Gasteiger partial charge in [-0.15, -0.1) is 0 Å². The summed E-state index contributed by atoms with van der Waals surface area (Å²) < 4.78 is 5.47. The van der Waals surface area contributed by atoms with Crippen LogP contribution in [-0.4, -0.2) is 29.8 Å². The molecule has 2 atom stereocenters. The van der Waals surface area contributed by atoms with Gasteiger partial charge in [-0.05, 0) is 38.0 Å². The molecule has 0 amide bonds. The first-order valence-corrected chi connectivity index (χ1v) is 6.35. The molecule has 0 aromatic heterocycles. The van der Waals surface area contributed by atoms with Crippen LogP contribution in [0.5, 0.6) is 0 Å². The zero-order valence-electron chi connectivity index (χ0n) is 10.1. The van der Waals surface area contributed by atoms with Crippen LogP contribution in [0.15, 0.2) is 18.2 Å². The molecule has 1 aromatic carbocycles. The molecular formula is C13H16ClNO3. The van der Waals surface area contributed by atoms with Crippen molar-refractivity contribution in [3.8, 4) is 0 Å². The molecular weight excluding hydrogens is 254 g/mol. The van der Waals surface area contributed by atoms with Gasteiger partial charge in [0.15, 0.2) is 0 Å². The second-order valence-electron chi connectivity index (χ2n) is 4.55. The molecule has 1 aliphatic rings. The number of nitrogens with one attached hydrogen (secondary N) is 1. The van der Waals surface area contributed by atoms with Crippen LogP contribution in [0.25, 0.3) is 0 Å². The van der Waals surface area contributed by atoms with Crippen LogP contribution in [0.3, 0.4) is 0 Å². The van der Waals surface area contributed by atoms with Gasteiger partial charge in [0.1, 0.15) is 0 Å². The third-order valence-electron chi connectivity index (χ3n) is 3.05. The number of halogens is 1. The van der Waals surface area contributed by atoms with Gasteiger partial charge in [-0.2, -0.15) is 0 Å². The third kappa shape index (κ3) is 3.15. The van der Waals surface area contributed by atoms with E-state index in [-0.39, 0.29) is 16.7 Å². The highest BCUT2D eigenvalue weighted by Crippen LogP contribution is 2.23. The number of aromatic carboxylic acids is 1. The summed E-state index contributed by atoms with van der Waals surface area (Å²) in [5.41, 5.74) is 0.915. The van der Waals surface area contributed by atoms with Gasteiger partial charge in [-0.3, -0.25) is 0 Å². The highest BCUT2D eigenvalue weighted by molar-refractivity contribution is 6.33. The van der Waals surface area contributed by atoms with E-state index < -0.39 is 5.97 Å². The van der Waals surface area contributed by atoms with Crippen molar-refractivity contribution in [2.45, 2.75) is 31.9 Å². The summed E-state index contributed by atoms with van der Waals surface area (Å²) in [4.78, 5) is 11.0. The fourth-order valence-electron chi connectivity index (χ4n) is 2.14. The summed E-state index contributed by atoms with van der Waals surface area (Å²) in [5.74, 6) is -1.01. The molecule has 1 saturated heterocycles. The molecule has 2 N–H and O–H groups in total. The fourth-order valence-corrected chi connectivity index (χ4v) is 2.34. The normalized spacial score (nSPS) is 23.7. The molecule has 5 heteroatoms. The van der Waals surface area contributed by atoms with Gasteiger partial charge >= 0.3 is 5.97 Å². The average Bonchev–Trinajstić information content (AvgIpc) is 2.31. The molecule has 0 bridgehead atoms. The SMILES string of the molecule is CC1CC(Nc2ccc(Cl)c(C(=O)O)c2)CCO1. The number of carboxylic acid groups (broad SMARTS) is 1. The first-order valence-electron chi connectivity index (χ1n) is 5.97. The number of benzene rings is 1. The molecule has 18 heavy (non-hydrogen) atoms. The molecule has 2 unspecified atom stereocenters. The minimum absolute atomic E-state index is 0.127. The van der Waals surface area contributed by atoms with Crippen molar-refractivity contribution >= 4 is 23.3 Å². The van der Waals surface area contributed by atoms with E-state index in [4.69, 9.17) is 21.4 Å². The van der Waals surface area contributed by atoms with E-state index in [0.717, 1.165) is 25.1 Å². The first kappa shape index (κ1) is 13.2. The summed E-state index contributed by atoms with van der Waals surface area (Å²) >= 11 is 5.83. The number of rotatable bonds is 3. The monoisotopic (exact) mass is 269 g/mol. The number of hydrogen-bond donors (Lipinski definition) is 2. The summed E-state index contributed by atoms with van der Waals surface area (Å²) in [6, 6.07) is 5.30. The zero-order chi connectivity index (χ0) is 13.1. The number of hydrogen-bond acceptors (Lipinski definition) is 3. The highest BCUT2D eigenvalue weighted by Gasteiger charge is 2.19. The molecule has 1 fully saturated rings. The number of carbonyl (C=O) groups is 1. The van der Waals surface area contributed by atoms with Crippen molar-refractivity contribution in [3.63, 3.8) is 0 Å². The van der Waals surface area contributed by atoms with Crippen molar-refractivity contribution in [2.24, 2.45) is 0 Å². The Morgan fingerprint density at radius 2 is 2.33 bits per heavy atom. The van der Waals surface area contributed by atoms with Crippen molar-refractivity contribution < 1.29 is 14.6 Å². The van der Waals surface area contributed by atoms with Crippen LogP contribution in [0.4, 0.5) is 5.69 Å². The maximum atomic E-state index is 11.0. The van der Waals surface area contributed by atoms with Crippen molar-refractivity contribution in [1.82, 2.24) is 0 Å². The maximum absolute atomic E-state index is 11.0. The van der Waals surface area contributed by atoms with Crippen LogP contribution >= 0.6 is 11.6 Å². The molecule has 1 aromatic rings. The van der Waals surface area contributed by atoms with Crippen LogP contribution in [0.1, 0.15) is 30.1 Å².